The summed E-state index contributed by atoms with van der Waals surface area (Å²) in [6.45, 7) is 0. The van der Waals surface area contributed by atoms with Crippen LogP contribution in [0, 0.1) is 11.8 Å². The minimum Gasteiger partial charge on any atom is -0.497 e. The van der Waals surface area contributed by atoms with Crippen molar-refractivity contribution in [3.05, 3.63) is 48.5 Å². The number of ether oxygens (including phenoxy) is 2. The van der Waals surface area contributed by atoms with Crippen molar-refractivity contribution in [1.82, 2.24) is 0 Å². The molecular formula is C19H20N2O4. The number of amides is 2. The van der Waals surface area contributed by atoms with Gasteiger partial charge in [0.05, 0.1) is 31.7 Å². The first kappa shape index (κ1) is 16.8. The minimum atomic E-state index is -0.324. The highest BCUT2D eigenvalue weighted by Crippen LogP contribution is 2.41. The number of anilines is 2. The van der Waals surface area contributed by atoms with Gasteiger partial charge in [0, 0.05) is 11.8 Å². The molecule has 0 aromatic heterocycles. The summed E-state index contributed by atoms with van der Waals surface area (Å²) in [4.78, 5) is 24.6. The van der Waals surface area contributed by atoms with Gasteiger partial charge in [-0.3, -0.25) is 9.59 Å². The molecule has 1 aliphatic rings. The Bertz CT molecular complexity index is 776. The van der Waals surface area contributed by atoms with Crippen molar-refractivity contribution < 1.29 is 19.1 Å². The summed E-state index contributed by atoms with van der Waals surface area (Å²) in [5, 5.41) is 5.65. The molecule has 25 heavy (non-hydrogen) atoms. The van der Waals surface area contributed by atoms with Crippen molar-refractivity contribution in [3.63, 3.8) is 0 Å². The normalized spacial score (nSPS) is 18.2. The topological polar surface area (TPSA) is 76.7 Å². The van der Waals surface area contributed by atoms with Crippen molar-refractivity contribution in [3.8, 4) is 11.5 Å². The Balaban J connectivity index is 1.59. The fourth-order valence-corrected chi connectivity index (χ4v) is 2.66. The van der Waals surface area contributed by atoms with Gasteiger partial charge in [-0.1, -0.05) is 18.2 Å². The number of nitrogens with one attached hydrogen (secondary N) is 2. The number of carbonyl (C=O) groups is 2. The Morgan fingerprint density at radius 3 is 2.24 bits per heavy atom. The summed E-state index contributed by atoms with van der Waals surface area (Å²) >= 11 is 0. The molecule has 0 spiro atoms. The number of hydrogen-bond acceptors (Lipinski definition) is 4. The predicted octanol–water partition coefficient (Wildman–Crippen LogP) is 2.92. The van der Waals surface area contributed by atoms with Gasteiger partial charge in [-0.2, -0.15) is 0 Å². The lowest BCUT2D eigenvalue weighted by Crippen LogP contribution is -2.20. The smallest absolute Gasteiger partial charge is 0.228 e. The van der Waals surface area contributed by atoms with Crippen LogP contribution in [0.15, 0.2) is 48.5 Å². The van der Waals surface area contributed by atoms with Gasteiger partial charge in [0.25, 0.3) is 0 Å². The summed E-state index contributed by atoms with van der Waals surface area (Å²) in [5.41, 5.74) is 1.29. The molecule has 130 valence electrons. The van der Waals surface area contributed by atoms with Crippen LogP contribution in [-0.4, -0.2) is 26.0 Å². The van der Waals surface area contributed by atoms with Crippen LogP contribution in [0.4, 0.5) is 11.4 Å². The van der Waals surface area contributed by atoms with Crippen LogP contribution in [0.5, 0.6) is 11.5 Å². The third kappa shape index (κ3) is 3.91. The molecule has 1 aliphatic carbocycles. The summed E-state index contributed by atoms with van der Waals surface area (Å²) in [5.74, 6) is 0.213. The van der Waals surface area contributed by atoms with Gasteiger partial charge in [0.1, 0.15) is 11.5 Å². The van der Waals surface area contributed by atoms with Crippen LogP contribution >= 0.6 is 0 Å². The summed E-state index contributed by atoms with van der Waals surface area (Å²) in [6.07, 6.45) is 0.545. The van der Waals surface area contributed by atoms with Crippen LogP contribution in [0.25, 0.3) is 0 Å². The first-order valence-corrected chi connectivity index (χ1v) is 8.01. The Morgan fingerprint density at radius 2 is 1.60 bits per heavy atom. The third-order valence-electron chi connectivity index (χ3n) is 4.17. The van der Waals surface area contributed by atoms with E-state index < -0.39 is 0 Å². The molecule has 0 radical (unpaired) electrons. The van der Waals surface area contributed by atoms with Gasteiger partial charge in [0.15, 0.2) is 0 Å². The highest BCUT2D eigenvalue weighted by molar-refractivity contribution is 6.03. The molecule has 2 aromatic carbocycles. The van der Waals surface area contributed by atoms with Crippen LogP contribution in [-0.2, 0) is 9.59 Å². The minimum absolute atomic E-state index is 0.131. The van der Waals surface area contributed by atoms with Crippen molar-refractivity contribution in [1.29, 1.82) is 0 Å². The lowest BCUT2D eigenvalue weighted by molar-refractivity contribution is -0.122. The monoisotopic (exact) mass is 340 g/mol. The second-order valence-corrected chi connectivity index (χ2v) is 5.86. The van der Waals surface area contributed by atoms with Crippen LogP contribution in [0.3, 0.4) is 0 Å². The highest BCUT2D eigenvalue weighted by Gasteiger charge is 2.48. The highest BCUT2D eigenvalue weighted by atomic mass is 16.5. The lowest BCUT2D eigenvalue weighted by atomic mass is 10.2. The summed E-state index contributed by atoms with van der Waals surface area (Å²) in [6, 6.07) is 14.4. The number of carbonyl (C=O) groups excluding carboxylic acids is 2. The molecule has 1 fully saturated rings. The van der Waals surface area contributed by atoms with Gasteiger partial charge in [0.2, 0.25) is 11.8 Å². The SMILES string of the molecule is COc1ccc(NC(=O)C2CC2C(=O)Nc2ccccc2)c(OC)c1. The van der Waals surface area contributed by atoms with E-state index in [2.05, 4.69) is 10.6 Å². The van der Waals surface area contributed by atoms with Crippen LogP contribution in [0.1, 0.15) is 6.42 Å². The lowest BCUT2D eigenvalue weighted by Gasteiger charge is -2.11. The molecule has 2 amide bonds. The van der Waals surface area contributed by atoms with Crippen molar-refractivity contribution in [2.24, 2.45) is 11.8 Å². The Labute approximate surface area is 146 Å². The molecule has 1 saturated carbocycles. The largest absolute Gasteiger partial charge is 0.497 e. The zero-order valence-corrected chi connectivity index (χ0v) is 14.1. The predicted molar refractivity (Wildman–Crippen MR) is 94.8 cm³/mol. The van der Waals surface area contributed by atoms with Gasteiger partial charge < -0.3 is 20.1 Å². The molecule has 0 bridgehead atoms. The molecule has 2 aromatic rings. The van der Waals surface area contributed by atoms with E-state index in [1.807, 2.05) is 30.3 Å². The molecule has 0 aliphatic heterocycles. The van der Waals surface area contributed by atoms with E-state index in [0.29, 0.717) is 23.6 Å². The quantitative estimate of drug-likeness (QED) is 0.848. The standard InChI is InChI=1S/C19H20N2O4/c1-24-13-8-9-16(17(10-13)25-2)21-19(23)15-11-14(15)18(22)20-12-6-4-3-5-7-12/h3-10,14-15H,11H2,1-2H3,(H,20,22)(H,21,23). The summed E-state index contributed by atoms with van der Waals surface area (Å²) in [7, 11) is 3.09. The zero-order chi connectivity index (χ0) is 17.8. The van der Waals surface area contributed by atoms with E-state index >= 15 is 0 Å². The first-order valence-electron chi connectivity index (χ1n) is 8.01. The molecule has 2 N–H and O–H groups in total. The second kappa shape index (κ2) is 7.25. The fraction of sp³-hybridized carbons (Fsp3) is 0.263. The first-order chi connectivity index (χ1) is 12.1. The van der Waals surface area contributed by atoms with E-state index in [-0.39, 0.29) is 23.7 Å². The zero-order valence-electron chi connectivity index (χ0n) is 14.1. The van der Waals surface area contributed by atoms with E-state index in [1.54, 1.807) is 25.3 Å². The van der Waals surface area contributed by atoms with Gasteiger partial charge >= 0.3 is 0 Å². The van der Waals surface area contributed by atoms with Crippen LogP contribution in [0.2, 0.25) is 0 Å². The Hall–Kier alpha value is -3.02. The van der Waals surface area contributed by atoms with E-state index in [1.165, 1.54) is 7.11 Å². The summed E-state index contributed by atoms with van der Waals surface area (Å²) < 4.78 is 10.4. The average molecular weight is 340 g/mol. The number of methoxy groups -OCH3 is 2. The number of benzene rings is 2. The Morgan fingerprint density at radius 1 is 0.920 bits per heavy atom. The maximum Gasteiger partial charge on any atom is 0.228 e. The van der Waals surface area contributed by atoms with Crippen molar-refractivity contribution >= 4 is 23.2 Å². The molecule has 0 saturated heterocycles. The van der Waals surface area contributed by atoms with E-state index in [4.69, 9.17) is 9.47 Å². The molecule has 6 heteroatoms. The fourth-order valence-electron chi connectivity index (χ4n) is 2.66. The van der Waals surface area contributed by atoms with Gasteiger partial charge in [-0.05, 0) is 30.7 Å². The Kier molecular flexibility index (Phi) is 4.88. The molecule has 2 unspecified atom stereocenters. The number of rotatable bonds is 6. The molecular weight excluding hydrogens is 320 g/mol. The van der Waals surface area contributed by atoms with Crippen molar-refractivity contribution in [2.45, 2.75) is 6.42 Å². The van der Waals surface area contributed by atoms with E-state index in [9.17, 15) is 9.59 Å². The van der Waals surface area contributed by atoms with Gasteiger partial charge in [-0.25, -0.2) is 0 Å². The molecule has 6 nitrogen and oxygen atoms in total. The molecule has 0 heterocycles. The molecule has 2 atom stereocenters. The number of hydrogen-bond donors (Lipinski definition) is 2. The van der Waals surface area contributed by atoms with Crippen molar-refractivity contribution in [2.75, 3.05) is 24.9 Å². The maximum atomic E-state index is 12.4. The van der Waals surface area contributed by atoms with Gasteiger partial charge in [-0.15, -0.1) is 0 Å². The molecule has 3 rings (SSSR count). The average Bonchev–Trinajstić information content (AvgIpc) is 3.44. The van der Waals surface area contributed by atoms with Crippen LogP contribution < -0.4 is 20.1 Å². The second-order valence-electron chi connectivity index (χ2n) is 5.86. The third-order valence-corrected chi connectivity index (χ3v) is 4.17. The maximum absolute atomic E-state index is 12.4. The number of para-hydroxylation sites is 1. The van der Waals surface area contributed by atoms with E-state index in [0.717, 1.165) is 5.69 Å².